The molecule has 2 N–H and O–H groups in total. The Bertz CT molecular complexity index is 1230. The highest BCUT2D eigenvalue weighted by molar-refractivity contribution is 6.30. The Hall–Kier alpha value is -3.78. The van der Waals surface area contributed by atoms with Crippen molar-refractivity contribution < 1.29 is 14.4 Å². The molecule has 1 heterocycles. The first-order valence-corrected chi connectivity index (χ1v) is 10.1. The van der Waals surface area contributed by atoms with Gasteiger partial charge in [-0.15, -0.1) is 0 Å². The summed E-state index contributed by atoms with van der Waals surface area (Å²) in [4.78, 5) is 48.7. The molecule has 32 heavy (non-hydrogen) atoms. The molecule has 164 valence electrons. The van der Waals surface area contributed by atoms with Crippen molar-refractivity contribution in [3.63, 3.8) is 0 Å². The Morgan fingerprint density at radius 3 is 2.16 bits per heavy atom. The molecule has 1 atom stereocenters. The number of carbonyl (C=O) groups is 3. The summed E-state index contributed by atoms with van der Waals surface area (Å²) in [5.74, 6) is -1.00. The van der Waals surface area contributed by atoms with E-state index in [0.717, 1.165) is 4.68 Å². The summed E-state index contributed by atoms with van der Waals surface area (Å²) in [5.41, 5.74) is 1.41. The highest BCUT2D eigenvalue weighted by Gasteiger charge is 2.21. The number of carbonyl (C=O) groups excluding carboxylic acids is 3. The lowest BCUT2D eigenvalue weighted by Gasteiger charge is -2.17. The number of hydrogen-bond donors (Lipinski definition) is 2. The summed E-state index contributed by atoms with van der Waals surface area (Å²) in [5, 5.41) is 10.1. The second kappa shape index (κ2) is 9.57. The van der Waals surface area contributed by atoms with Gasteiger partial charge in [-0.3, -0.25) is 19.2 Å². The zero-order valence-corrected chi connectivity index (χ0v) is 18.4. The largest absolute Gasteiger partial charge is 0.324 e. The van der Waals surface area contributed by atoms with E-state index in [1.165, 1.54) is 26.8 Å². The zero-order valence-electron chi connectivity index (χ0n) is 17.7. The lowest BCUT2D eigenvalue weighted by atomic mass is 10.1. The van der Waals surface area contributed by atoms with Gasteiger partial charge < -0.3 is 10.6 Å². The lowest BCUT2D eigenvalue weighted by molar-refractivity contribution is -0.119. The van der Waals surface area contributed by atoms with E-state index in [4.69, 9.17) is 11.6 Å². The molecule has 8 nitrogen and oxygen atoms in total. The number of rotatable bonds is 6. The number of hydrogen-bond acceptors (Lipinski definition) is 5. The molecule has 1 unspecified atom stereocenters. The second-order valence-corrected chi connectivity index (χ2v) is 7.62. The van der Waals surface area contributed by atoms with Crippen molar-refractivity contribution in [1.82, 2.24) is 9.78 Å². The first-order chi connectivity index (χ1) is 15.2. The number of benzene rings is 2. The maximum absolute atomic E-state index is 12.9. The van der Waals surface area contributed by atoms with E-state index in [1.807, 2.05) is 0 Å². The Kier molecular flexibility index (Phi) is 6.85. The predicted octanol–water partition coefficient (Wildman–Crippen LogP) is 3.92. The van der Waals surface area contributed by atoms with Gasteiger partial charge in [-0.1, -0.05) is 23.7 Å². The van der Waals surface area contributed by atoms with E-state index in [2.05, 4.69) is 15.7 Å². The Labute approximate surface area is 189 Å². The SMILES string of the molecule is CC(=O)Nc1cc(-c2ccc(Cl)cc2)nn(C(C)C(=O)Nc2ccc(C(C)=O)cc2)c1=O. The third-order valence-corrected chi connectivity index (χ3v) is 4.94. The fourth-order valence-corrected chi connectivity index (χ4v) is 3.09. The maximum atomic E-state index is 12.9. The molecule has 0 radical (unpaired) electrons. The maximum Gasteiger partial charge on any atom is 0.291 e. The molecule has 9 heteroatoms. The molecule has 0 aliphatic rings. The highest BCUT2D eigenvalue weighted by Crippen LogP contribution is 2.22. The molecule has 0 spiro atoms. The van der Waals surface area contributed by atoms with E-state index < -0.39 is 23.4 Å². The third-order valence-electron chi connectivity index (χ3n) is 4.69. The number of nitrogens with zero attached hydrogens (tertiary/aromatic N) is 2. The van der Waals surface area contributed by atoms with Gasteiger partial charge in [0.05, 0.1) is 5.69 Å². The average molecular weight is 453 g/mol. The summed E-state index contributed by atoms with van der Waals surface area (Å²) in [7, 11) is 0. The molecule has 2 amide bonds. The number of halogens is 1. The van der Waals surface area contributed by atoms with Gasteiger partial charge in [0, 0.05) is 28.8 Å². The Morgan fingerprint density at radius 1 is 0.969 bits per heavy atom. The first-order valence-electron chi connectivity index (χ1n) is 9.75. The number of aromatic nitrogens is 2. The molecule has 1 aromatic heterocycles. The summed E-state index contributed by atoms with van der Waals surface area (Å²) in [6, 6.07) is 13.7. The van der Waals surface area contributed by atoms with E-state index >= 15 is 0 Å². The van der Waals surface area contributed by atoms with E-state index in [1.54, 1.807) is 48.5 Å². The van der Waals surface area contributed by atoms with Crippen molar-refractivity contribution in [2.45, 2.75) is 26.8 Å². The molecule has 3 rings (SSSR count). The van der Waals surface area contributed by atoms with Gasteiger partial charge in [0.15, 0.2) is 5.78 Å². The predicted molar refractivity (Wildman–Crippen MR) is 123 cm³/mol. The van der Waals surface area contributed by atoms with Gasteiger partial charge in [0.2, 0.25) is 11.8 Å². The molecule has 2 aromatic carbocycles. The molecule has 0 bridgehead atoms. The van der Waals surface area contributed by atoms with E-state index in [9.17, 15) is 19.2 Å². The van der Waals surface area contributed by atoms with Gasteiger partial charge in [-0.25, -0.2) is 4.68 Å². The summed E-state index contributed by atoms with van der Waals surface area (Å²) in [6.07, 6.45) is 0. The van der Waals surface area contributed by atoms with Crippen LogP contribution < -0.4 is 16.2 Å². The molecular formula is C23H21ClN4O4. The fraction of sp³-hybridized carbons (Fsp3) is 0.174. The van der Waals surface area contributed by atoms with Gasteiger partial charge in [-0.05, 0) is 56.3 Å². The summed E-state index contributed by atoms with van der Waals surface area (Å²) >= 11 is 5.95. The Morgan fingerprint density at radius 2 is 1.59 bits per heavy atom. The Balaban J connectivity index is 1.96. The van der Waals surface area contributed by atoms with Crippen LogP contribution in [0.4, 0.5) is 11.4 Å². The number of nitrogens with one attached hydrogen (secondary N) is 2. The number of ketones is 1. The van der Waals surface area contributed by atoms with Crippen LogP contribution in [0.1, 0.15) is 37.2 Å². The monoisotopic (exact) mass is 452 g/mol. The van der Waals surface area contributed by atoms with Crippen LogP contribution in [0.25, 0.3) is 11.3 Å². The highest BCUT2D eigenvalue weighted by atomic mass is 35.5. The van der Waals surface area contributed by atoms with Crippen LogP contribution in [0.2, 0.25) is 5.02 Å². The smallest absolute Gasteiger partial charge is 0.291 e. The van der Waals surface area contributed by atoms with Crippen molar-refractivity contribution in [2.75, 3.05) is 10.6 Å². The van der Waals surface area contributed by atoms with Crippen LogP contribution in [0, 0.1) is 0 Å². The molecule has 0 aliphatic heterocycles. The fourth-order valence-electron chi connectivity index (χ4n) is 2.96. The second-order valence-electron chi connectivity index (χ2n) is 7.18. The summed E-state index contributed by atoms with van der Waals surface area (Å²) < 4.78 is 1.02. The van der Waals surface area contributed by atoms with Gasteiger partial charge in [0.1, 0.15) is 11.7 Å². The molecule has 0 saturated carbocycles. The van der Waals surface area contributed by atoms with Crippen molar-refractivity contribution in [1.29, 1.82) is 0 Å². The van der Waals surface area contributed by atoms with Crippen molar-refractivity contribution in [3.05, 3.63) is 75.5 Å². The van der Waals surface area contributed by atoms with Gasteiger partial charge in [0.25, 0.3) is 5.56 Å². The number of Topliss-reactive ketones (excluding diaryl/α,β-unsaturated/α-hetero) is 1. The quantitative estimate of drug-likeness (QED) is 0.551. The van der Waals surface area contributed by atoms with Crippen LogP contribution in [-0.4, -0.2) is 27.4 Å². The molecule has 3 aromatic rings. The van der Waals surface area contributed by atoms with Crippen LogP contribution >= 0.6 is 11.6 Å². The minimum atomic E-state index is -0.991. The van der Waals surface area contributed by atoms with Gasteiger partial charge in [-0.2, -0.15) is 5.10 Å². The molecule has 0 aliphatic carbocycles. The zero-order chi connectivity index (χ0) is 23.4. The minimum Gasteiger partial charge on any atom is -0.324 e. The van der Waals surface area contributed by atoms with Crippen molar-refractivity contribution >= 4 is 40.6 Å². The first kappa shape index (κ1) is 22.9. The topological polar surface area (TPSA) is 110 Å². The van der Waals surface area contributed by atoms with E-state index in [-0.39, 0.29) is 11.5 Å². The van der Waals surface area contributed by atoms with Crippen LogP contribution in [0.5, 0.6) is 0 Å². The van der Waals surface area contributed by atoms with Crippen LogP contribution in [0.15, 0.2) is 59.4 Å². The van der Waals surface area contributed by atoms with Crippen molar-refractivity contribution in [3.8, 4) is 11.3 Å². The number of anilines is 2. The van der Waals surface area contributed by atoms with E-state index in [0.29, 0.717) is 27.5 Å². The normalized spacial score (nSPS) is 11.5. The van der Waals surface area contributed by atoms with Crippen LogP contribution in [-0.2, 0) is 9.59 Å². The summed E-state index contributed by atoms with van der Waals surface area (Å²) in [6.45, 7) is 4.26. The third kappa shape index (κ3) is 5.28. The average Bonchev–Trinajstić information content (AvgIpc) is 2.75. The van der Waals surface area contributed by atoms with Gasteiger partial charge >= 0.3 is 0 Å². The minimum absolute atomic E-state index is 0.00270. The number of amides is 2. The molecule has 0 fully saturated rings. The lowest BCUT2D eigenvalue weighted by Crippen LogP contribution is -2.35. The molecule has 0 saturated heterocycles. The van der Waals surface area contributed by atoms with Crippen LogP contribution in [0.3, 0.4) is 0 Å². The standard InChI is InChI=1S/C23H21ClN4O4/c1-13(22(31)26-19-10-6-16(7-11-19)14(2)29)28-23(32)21(25-15(3)30)12-20(27-28)17-4-8-18(24)9-5-17/h4-13H,1-3H3,(H,25,30)(H,26,31). The molecular weight excluding hydrogens is 432 g/mol. The van der Waals surface area contributed by atoms with Crippen molar-refractivity contribution in [2.24, 2.45) is 0 Å².